The zero-order chi connectivity index (χ0) is 17.5. The van der Waals surface area contributed by atoms with Crippen molar-refractivity contribution in [2.75, 3.05) is 0 Å². The second-order valence-electron chi connectivity index (χ2n) is 5.46. The van der Waals surface area contributed by atoms with Gasteiger partial charge in [0, 0.05) is 22.5 Å². The standard InChI is InChI=1S/C21H16Cl2N2/c22-19-9-5-16(6-10-19)13-24-15-18-3-1-2-4-21(18)25-14-17-7-11-20(23)12-8-17/h1-14H,15H2. The third-order valence-electron chi connectivity index (χ3n) is 3.59. The summed E-state index contributed by atoms with van der Waals surface area (Å²) in [5.41, 5.74) is 4.00. The lowest BCUT2D eigenvalue weighted by molar-refractivity contribution is 1.07. The van der Waals surface area contributed by atoms with Gasteiger partial charge in [-0.15, -0.1) is 0 Å². The van der Waals surface area contributed by atoms with E-state index in [4.69, 9.17) is 23.2 Å². The largest absolute Gasteiger partial charge is 0.288 e. The predicted octanol–water partition coefficient (Wildman–Crippen LogP) is 6.36. The van der Waals surface area contributed by atoms with E-state index in [0.717, 1.165) is 27.4 Å². The molecule has 0 bridgehead atoms. The molecule has 0 atom stereocenters. The van der Waals surface area contributed by atoms with E-state index < -0.39 is 0 Å². The molecule has 0 saturated heterocycles. The van der Waals surface area contributed by atoms with E-state index in [1.165, 1.54) is 0 Å². The van der Waals surface area contributed by atoms with Crippen LogP contribution in [-0.4, -0.2) is 12.4 Å². The van der Waals surface area contributed by atoms with Gasteiger partial charge < -0.3 is 0 Å². The second-order valence-corrected chi connectivity index (χ2v) is 6.33. The summed E-state index contributed by atoms with van der Waals surface area (Å²) in [6, 6.07) is 23.2. The van der Waals surface area contributed by atoms with E-state index in [2.05, 4.69) is 9.98 Å². The smallest absolute Gasteiger partial charge is 0.0680 e. The summed E-state index contributed by atoms with van der Waals surface area (Å²) >= 11 is 11.8. The maximum atomic E-state index is 5.90. The number of halogens is 2. The van der Waals surface area contributed by atoms with Crippen LogP contribution in [0.5, 0.6) is 0 Å². The molecule has 0 fully saturated rings. The van der Waals surface area contributed by atoms with Crippen LogP contribution in [0, 0.1) is 0 Å². The van der Waals surface area contributed by atoms with Gasteiger partial charge in [-0.25, -0.2) is 0 Å². The van der Waals surface area contributed by atoms with Gasteiger partial charge in [0.15, 0.2) is 0 Å². The third-order valence-corrected chi connectivity index (χ3v) is 4.09. The lowest BCUT2D eigenvalue weighted by atomic mass is 10.1. The van der Waals surface area contributed by atoms with Gasteiger partial charge in [-0.3, -0.25) is 9.98 Å². The zero-order valence-corrected chi connectivity index (χ0v) is 15.0. The fourth-order valence-electron chi connectivity index (χ4n) is 2.26. The van der Waals surface area contributed by atoms with Crippen molar-refractivity contribution in [3.05, 3.63) is 99.5 Å². The zero-order valence-electron chi connectivity index (χ0n) is 13.4. The Balaban J connectivity index is 1.72. The second kappa shape index (κ2) is 8.61. The molecular formula is C21H16Cl2N2. The molecule has 2 nitrogen and oxygen atoms in total. The molecule has 0 radical (unpaired) electrons. The van der Waals surface area contributed by atoms with Crippen molar-refractivity contribution in [3.63, 3.8) is 0 Å². The Morgan fingerprint density at radius 1 is 0.680 bits per heavy atom. The first-order chi connectivity index (χ1) is 12.2. The highest BCUT2D eigenvalue weighted by Gasteiger charge is 1.99. The van der Waals surface area contributed by atoms with Crippen LogP contribution in [0.4, 0.5) is 5.69 Å². The molecule has 0 amide bonds. The van der Waals surface area contributed by atoms with Crippen molar-refractivity contribution >= 4 is 41.3 Å². The summed E-state index contributed by atoms with van der Waals surface area (Å²) in [6.45, 7) is 0.566. The number of para-hydroxylation sites is 1. The number of hydrogen-bond donors (Lipinski definition) is 0. The highest BCUT2D eigenvalue weighted by molar-refractivity contribution is 6.30. The number of aliphatic imine (C=N–C) groups is 2. The maximum absolute atomic E-state index is 5.90. The summed E-state index contributed by atoms with van der Waals surface area (Å²) in [7, 11) is 0. The normalized spacial score (nSPS) is 11.4. The molecule has 0 aliphatic carbocycles. The Hall–Kier alpha value is -2.42. The van der Waals surface area contributed by atoms with Crippen LogP contribution >= 0.6 is 23.2 Å². The minimum absolute atomic E-state index is 0.566. The van der Waals surface area contributed by atoms with E-state index in [-0.39, 0.29) is 0 Å². The first-order valence-electron chi connectivity index (χ1n) is 7.84. The van der Waals surface area contributed by atoms with Crippen LogP contribution < -0.4 is 0 Å². The molecule has 4 heteroatoms. The van der Waals surface area contributed by atoms with Gasteiger partial charge in [0.05, 0.1) is 12.2 Å². The van der Waals surface area contributed by atoms with Crippen LogP contribution in [0.15, 0.2) is 82.8 Å². The highest BCUT2D eigenvalue weighted by Crippen LogP contribution is 2.20. The lowest BCUT2D eigenvalue weighted by Crippen LogP contribution is -1.86. The summed E-state index contributed by atoms with van der Waals surface area (Å²) in [4.78, 5) is 9.09. The van der Waals surface area contributed by atoms with E-state index in [9.17, 15) is 0 Å². The van der Waals surface area contributed by atoms with Gasteiger partial charge in [0.25, 0.3) is 0 Å². The van der Waals surface area contributed by atoms with E-state index in [1.54, 1.807) is 0 Å². The van der Waals surface area contributed by atoms with Crippen molar-refractivity contribution in [3.8, 4) is 0 Å². The average Bonchev–Trinajstić information content (AvgIpc) is 2.64. The molecule has 3 rings (SSSR count). The van der Waals surface area contributed by atoms with E-state index in [0.29, 0.717) is 11.6 Å². The average molecular weight is 367 g/mol. The Morgan fingerprint density at radius 2 is 1.24 bits per heavy atom. The molecule has 0 heterocycles. The topological polar surface area (TPSA) is 24.7 Å². The molecule has 0 aliphatic rings. The molecule has 25 heavy (non-hydrogen) atoms. The maximum Gasteiger partial charge on any atom is 0.0680 e. The van der Waals surface area contributed by atoms with Crippen LogP contribution in [-0.2, 0) is 6.54 Å². The van der Waals surface area contributed by atoms with Gasteiger partial charge in [-0.1, -0.05) is 65.7 Å². The molecule has 3 aromatic carbocycles. The predicted molar refractivity (Wildman–Crippen MR) is 108 cm³/mol. The highest BCUT2D eigenvalue weighted by atomic mass is 35.5. The SMILES string of the molecule is Clc1ccc(C=NCc2ccccc2N=Cc2ccc(Cl)cc2)cc1. The van der Waals surface area contributed by atoms with Crippen LogP contribution in [0.3, 0.4) is 0 Å². The first kappa shape index (κ1) is 17.4. The Morgan fingerprint density at radius 3 is 1.88 bits per heavy atom. The minimum atomic E-state index is 0.566. The number of rotatable bonds is 5. The minimum Gasteiger partial charge on any atom is -0.288 e. The van der Waals surface area contributed by atoms with Crippen LogP contribution in [0.1, 0.15) is 16.7 Å². The summed E-state index contributed by atoms with van der Waals surface area (Å²) in [5.74, 6) is 0. The number of nitrogens with zero attached hydrogens (tertiary/aromatic N) is 2. The molecule has 0 N–H and O–H groups in total. The Labute approximate surface area is 157 Å². The van der Waals surface area contributed by atoms with Gasteiger partial charge >= 0.3 is 0 Å². The van der Waals surface area contributed by atoms with Crippen molar-refractivity contribution in [2.24, 2.45) is 9.98 Å². The fourth-order valence-corrected chi connectivity index (χ4v) is 2.51. The van der Waals surface area contributed by atoms with E-state index in [1.807, 2.05) is 85.2 Å². The Bertz CT molecular complexity index is 883. The Kier molecular flexibility index (Phi) is 5.99. The lowest BCUT2D eigenvalue weighted by Gasteiger charge is -2.02. The van der Waals surface area contributed by atoms with Crippen LogP contribution in [0.2, 0.25) is 10.0 Å². The fraction of sp³-hybridized carbons (Fsp3) is 0.0476. The van der Waals surface area contributed by atoms with Gasteiger partial charge in [0.1, 0.15) is 0 Å². The van der Waals surface area contributed by atoms with Crippen molar-refractivity contribution in [1.29, 1.82) is 0 Å². The molecule has 0 aromatic heterocycles. The van der Waals surface area contributed by atoms with Gasteiger partial charge in [-0.2, -0.15) is 0 Å². The molecule has 3 aromatic rings. The third kappa shape index (κ3) is 5.28. The van der Waals surface area contributed by atoms with Crippen molar-refractivity contribution < 1.29 is 0 Å². The quantitative estimate of drug-likeness (QED) is 0.469. The number of hydrogen-bond acceptors (Lipinski definition) is 2. The van der Waals surface area contributed by atoms with Crippen LogP contribution in [0.25, 0.3) is 0 Å². The van der Waals surface area contributed by atoms with Gasteiger partial charge in [-0.05, 0) is 47.0 Å². The molecule has 0 unspecified atom stereocenters. The monoisotopic (exact) mass is 366 g/mol. The summed E-state index contributed by atoms with van der Waals surface area (Å²) in [5, 5.41) is 1.44. The molecule has 0 spiro atoms. The number of benzene rings is 3. The molecule has 124 valence electrons. The van der Waals surface area contributed by atoms with Crippen molar-refractivity contribution in [2.45, 2.75) is 6.54 Å². The summed E-state index contributed by atoms with van der Waals surface area (Å²) in [6.07, 6.45) is 3.67. The first-order valence-corrected chi connectivity index (χ1v) is 8.59. The summed E-state index contributed by atoms with van der Waals surface area (Å²) < 4.78 is 0. The van der Waals surface area contributed by atoms with Crippen molar-refractivity contribution in [1.82, 2.24) is 0 Å². The molecule has 0 aliphatic heterocycles. The van der Waals surface area contributed by atoms with E-state index >= 15 is 0 Å². The molecule has 0 saturated carbocycles. The molecular weight excluding hydrogens is 351 g/mol. The van der Waals surface area contributed by atoms with Gasteiger partial charge in [0.2, 0.25) is 0 Å².